The van der Waals surface area contributed by atoms with E-state index in [0.717, 1.165) is 0 Å². The number of carboxylic acids is 1. The van der Waals surface area contributed by atoms with Gasteiger partial charge in [0, 0.05) is 26.3 Å². The number of fused-ring (bicyclic) bond motifs is 1. The third-order valence-corrected chi connectivity index (χ3v) is 2.98. The van der Waals surface area contributed by atoms with Crippen LogP contribution < -0.4 is 4.90 Å². The molecule has 0 aliphatic carbocycles. The van der Waals surface area contributed by atoms with Gasteiger partial charge in [-0.15, -0.1) is 13.2 Å². The number of aromatic nitrogens is 3. The first kappa shape index (κ1) is 13.8. The molecular weight excluding hydrogens is 256 g/mol. The zero-order chi connectivity index (χ0) is 14.7. The van der Waals surface area contributed by atoms with E-state index in [4.69, 9.17) is 0 Å². The van der Waals surface area contributed by atoms with Crippen molar-refractivity contribution >= 4 is 22.7 Å². The summed E-state index contributed by atoms with van der Waals surface area (Å²) in [6.07, 6.45) is 6.43. The lowest BCUT2D eigenvalue weighted by molar-refractivity contribution is 0.0697. The quantitative estimate of drug-likeness (QED) is 0.812. The summed E-state index contributed by atoms with van der Waals surface area (Å²) in [7, 11) is 1.77. The summed E-state index contributed by atoms with van der Waals surface area (Å²) in [6.45, 7) is 8.44. The van der Waals surface area contributed by atoms with Crippen LogP contribution in [0.5, 0.6) is 0 Å². The number of pyridine rings is 1. The van der Waals surface area contributed by atoms with Crippen molar-refractivity contribution in [3.63, 3.8) is 0 Å². The summed E-state index contributed by atoms with van der Waals surface area (Å²) in [5, 5.41) is 14.2. The van der Waals surface area contributed by atoms with Crippen LogP contribution in [0.3, 0.4) is 0 Å². The van der Waals surface area contributed by atoms with E-state index in [2.05, 4.69) is 23.2 Å². The van der Waals surface area contributed by atoms with Crippen LogP contribution in [0.15, 0.2) is 37.7 Å². The summed E-state index contributed by atoms with van der Waals surface area (Å²) in [6, 6.07) is 0. The highest BCUT2D eigenvalue weighted by Crippen LogP contribution is 2.29. The van der Waals surface area contributed by atoms with Crippen molar-refractivity contribution < 1.29 is 9.90 Å². The van der Waals surface area contributed by atoms with E-state index in [0.29, 0.717) is 29.8 Å². The van der Waals surface area contributed by atoms with E-state index in [9.17, 15) is 9.90 Å². The number of aromatic carboxylic acids is 1. The molecule has 0 fully saturated rings. The van der Waals surface area contributed by atoms with Gasteiger partial charge >= 0.3 is 5.97 Å². The summed E-state index contributed by atoms with van der Waals surface area (Å²) in [4.78, 5) is 17.5. The molecule has 0 saturated heterocycles. The van der Waals surface area contributed by atoms with E-state index < -0.39 is 5.97 Å². The molecule has 2 heterocycles. The topological polar surface area (TPSA) is 71.2 Å². The van der Waals surface area contributed by atoms with Crippen LogP contribution in [-0.4, -0.2) is 38.9 Å². The third-order valence-electron chi connectivity index (χ3n) is 2.98. The third kappa shape index (κ3) is 2.27. The van der Waals surface area contributed by atoms with Crippen molar-refractivity contribution in [2.24, 2.45) is 7.05 Å². The summed E-state index contributed by atoms with van der Waals surface area (Å²) >= 11 is 0. The van der Waals surface area contributed by atoms with Crippen LogP contribution in [0, 0.1) is 0 Å². The largest absolute Gasteiger partial charge is 0.478 e. The molecule has 1 N–H and O–H groups in total. The van der Waals surface area contributed by atoms with Gasteiger partial charge < -0.3 is 10.0 Å². The maximum atomic E-state index is 11.4. The fourth-order valence-corrected chi connectivity index (χ4v) is 2.15. The van der Waals surface area contributed by atoms with Crippen LogP contribution in [-0.2, 0) is 7.05 Å². The van der Waals surface area contributed by atoms with Gasteiger partial charge in [0.2, 0.25) is 0 Å². The molecule has 0 aliphatic heterocycles. The van der Waals surface area contributed by atoms with E-state index in [1.165, 1.54) is 6.20 Å². The molecule has 2 aromatic rings. The predicted octanol–water partition coefficient (Wildman–Crippen LogP) is 1.84. The van der Waals surface area contributed by atoms with Gasteiger partial charge in [-0.05, 0) is 0 Å². The van der Waals surface area contributed by atoms with Gasteiger partial charge in [-0.1, -0.05) is 12.2 Å². The summed E-state index contributed by atoms with van der Waals surface area (Å²) in [5.41, 5.74) is 1.38. The molecule has 0 atom stereocenters. The van der Waals surface area contributed by atoms with Gasteiger partial charge in [-0.3, -0.25) is 4.68 Å². The Morgan fingerprint density at radius 1 is 1.40 bits per heavy atom. The number of nitrogens with zero attached hydrogens (tertiary/aromatic N) is 4. The van der Waals surface area contributed by atoms with Gasteiger partial charge in [0.15, 0.2) is 5.65 Å². The van der Waals surface area contributed by atoms with Crippen LogP contribution >= 0.6 is 0 Å². The first-order valence-electron chi connectivity index (χ1n) is 6.10. The van der Waals surface area contributed by atoms with E-state index in [1.54, 1.807) is 30.1 Å². The van der Waals surface area contributed by atoms with Crippen molar-refractivity contribution in [1.82, 2.24) is 14.8 Å². The Bertz CT molecular complexity index is 665. The molecule has 2 rings (SSSR count). The summed E-state index contributed by atoms with van der Waals surface area (Å²) in [5.74, 6) is -1.02. The minimum atomic E-state index is -1.02. The average molecular weight is 272 g/mol. The van der Waals surface area contributed by atoms with E-state index in [-0.39, 0.29) is 5.56 Å². The van der Waals surface area contributed by atoms with Gasteiger partial charge in [0.25, 0.3) is 0 Å². The lowest BCUT2D eigenvalue weighted by Crippen LogP contribution is -2.25. The minimum absolute atomic E-state index is 0.147. The van der Waals surface area contributed by atoms with Crippen molar-refractivity contribution in [3.8, 4) is 0 Å². The molecule has 6 nitrogen and oxygen atoms in total. The van der Waals surface area contributed by atoms with Crippen LogP contribution in [0.1, 0.15) is 10.4 Å². The maximum absolute atomic E-state index is 11.4. The molecule has 0 amide bonds. The number of rotatable bonds is 6. The van der Waals surface area contributed by atoms with Crippen molar-refractivity contribution in [3.05, 3.63) is 43.3 Å². The number of hydrogen-bond acceptors (Lipinski definition) is 4. The van der Waals surface area contributed by atoms with Crippen molar-refractivity contribution in [1.29, 1.82) is 0 Å². The Labute approximate surface area is 116 Å². The van der Waals surface area contributed by atoms with Gasteiger partial charge in [0.05, 0.1) is 17.3 Å². The molecule has 0 radical (unpaired) electrons. The Kier molecular flexibility index (Phi) is 3.84. The molecule has 0 spiro atoms. The zero-order valence-electron chi connectivity index (χ0n) is 11.3. The highest BCUT2D eigenvalue weighted by Gasteiger charge is 2.20. The molecule has 0 aliphatic rings. The second-order valence-electron chi connectivity index (χ2n) is 4.31. The Hall–Kier alpha value is -2.63. The summed E-state index contributed by atoms with van der Waals surface area (Å²) < 4.78 is 1.62. The second-order valence-corrected chi connectivity index (χ2v) is 4.31. The van der Waals surface area contributed by atoms with Crippen molar-refractivity contribution in [2.75, 3.05) is 18.0 Å². The van der Waals surface area contributed by atoms with E-state index in [1.807, 2.05) is 4.90 Å². The number of anilines is 1. The predicted molar refractivity (Wildman–Crippen MR) is 78.1 cm³/mol. The van der Waals surface area contributed by atoms with Gasteiger partial charge in [-0.25, -0.2) is 9.78 Å². The lowest BCUT2D eigenvalue weighted by atomic mass is 10.1. The highest BCUT2D eigenvalue weighted by atomic mass is 16.4. The lowest BCUT2D eigenvalue weighted by Gasteiger charge is -2.23. The van der Waals surface area contributed by atoms with Crippen molar-refractivity contribution in [2.45, 2.75) is 0 Å². The average Bonchev–Trinajstić information content (AvgIpc) is 2.79. The number of aryl methyl sites for hydroxylation is 1. The van der Waals surface area contributed by atoms with Crippen LogP contribution in [0.2, 0.25) is 0 Å². The maximum Gasteiger partial charge on any atom is 0.339 e. The van der Waals surface area contributed by atoms with Crippen LogP contribution in [0.4, 0.5) is 5.69 Å². The Morgan fingerprint density at radius 2 is 2.05 bits per heavy atom. The fourth-order valence-electron chi connectivity index (χ4n) is 2.15. The minimum Gasteiger partial charge on any atom is -0.478 e. The Morgan fingerprint density at radius 3 is 2.60 bits per heavy atom. The Balaban J connectivity index is 2.73. The zero-order valence-corrected chi connectivity index (χ0v) is 11.3. The molecule has 20 heavy (non-hydrogen) atoms. The monoisotopic (exact) mass is 272 g/mol. The molecule has 0 aromatic carbocycles. The van der Waals surface area contributed by atoms with Gasteiger partial charge in [0.1, 0.15) is 5.56 Å². The molecule has 104 valence electrons. The number of hydrogen-bond donors (Lipinski definition) is 1. The first-order chi connectivity index (χ1) is 9.60. The molecule has 0 unspecified atom stereocenters. The smallest absolute Gasteiger partial charge is 0.339 e. The molecule has 6 heteroatoms. The standard InChI is InChI=1S/C14H16N4O2/c1-4-6-18(7-5-2)12-10-9-16-17(3)13(10)15-8-11(12)14(19)20/h4-5,8-9H,1-2,6-7H2,3H3,(H,19,20). The SMILES string of the molecule is C=CCN(CC=C)c1c(C(=O)O)cnc2c1cnn2C. The normalized spacial score (nSPS) is 10.4. The second kappa shape index (κ2) is 5.56. The number of carboxylic acid groups (broad SMARTS) is 1. The molecule has 0 bridgehead atoms. The van der Waals surface area contributed by atoms with Crippen LogP contribution in [0.25, 0.3) is 11.0 Å². The fraction of sp³-hybridized carbons (Fsp3) is 0.214. The highest BCUT2D eigenvalue weighted by molar-refractivity contribution is 6.03. The molecule has 0 saturated carbocycles. The van der Waals surface area contributed by atoms with E-state index >= 15 is 0 Å². The van der Waals surface area contributed by atoms with Gasteiger partial charge in [-0.2, -0.15) is 5.10 Å². The number of carbonyl (C=O) groups is 1. The molecule has 2 aromatic heterocycles. The molecular formula is C14H16N4O2. The first-order valence-corrected chi connectivity index (χ1v) is 6.10.